The van der Waals surface area contributed by atoms with Crippen molar-refractivity contribution in [1.29, 1.82) is 0 Å². The lowest BCUT2D eigenvalue weighted by molar-refractivity contribution is 0.186. The first-order valence-electron chi connectivity index (χ1n) is 19.2. The molecule has 328 valence electrons. The van der Waals surface area contributed by atoms with Gasteiger partial charge in [-0.15, -0.1) is 26.3 Å². The predicted octanol–water partition coefficient (Wildman–Crippen LogP) is 8.90. The van der Waals surface area contributed by atoms with Gasteiger partial charge in [0.1, 0.15) is 12.3 Å². The topological polar surface area (TPSA) is 288 Å². The van der Waals surface area contributed by atoms with Crippen molar-refractivity contribution in [3.05, 3.63) is 126 Å². The van der Waals surface area contributed by atoms with E-state index in [1.807, 2.05) is 19.9 Å². The number of fused-ring (bicyclic) bond motifs is 2. The van der Waals surface area contributed by atoms with Crippen molar-refractivity contribution < 1.29 is 35.6 Å². The Morgan fingerprint density at radius 1 is 0.585 bits per heavy atom. The first-order valence-corrected chi connectivity index (χ1v) is 22.5. The van der Waals surface area contributed by atoms with E-state index in [1.54, 1.807) is 66.7 Å². The van der Waals surface area contributed by atoms with Gasteiger partial charge in [0.2, 0.25) is 29.0 Å². The molecule has 6 N–H and O–H groups in total. The molecule has 7 aromatic rings. The third-order valence-corrected chi connectivity index (χ3v) is 11.5. The largest absolute Gasteiger partial charge is 0.386 e. The number of halogens is 1. The van der Waals surface area contributed by atoms with E-state index in [2.05, 4.69) is 67.0 Å². The van der Waals surface area contributed by atoms with Gasteiger partial charge in [0, 0.05) is 44.0 Å². The Kier molecular flexibility index (Phi) is 11.4. The molecule has 1 aromatic heterocycles. The Morgan fingerprint density at radius 2 is 1.11 bits per heavy atom. The molecule has 24 heteroatoms. The van der Waals surface area contributed by atoms with Crippen LogP contribution in [0.25, 0.3) is 21.5 Å². The summed E-state index contributed by atoms with van der Waals surface area (Å²) in [5, 5.41) is 25.1. The first-order chi connectivity index (χ1) is 31.1. The van der Waals surface area contributed by atoms with Gasteiger partial charge >= 0.3 is 0 Å². The predicted molar refractivity (Wildman–Crippen MR) is 241 cm³/mol. The lowest BCUT2D eigenvalue weighted by Crippen LogP contribution is -2.17. The molecule has 2 unspecified atom stereocenters. The summed E-state index contributed by atoms with van der Waals surface area (Å²) in [4.78, 5) is 31.7. The fourth-order valence-electron chi connectivity index (χ4n) is 6.67. The maximum Gasteiger partial charge on any atom is 0.294 e. The molecule has 0 bridgehead atoms. The van der Waals surface area contributed by atoms with Crippen LogP contribution in [0, 0.1) is 0 Å². The molecule has 9 rings (SSSR count). The molecule has 0 fully saturated rings. The normalized spacial score (nSPS) is 16.5. The van der Waals surface area contributed by atoms with Gasteiger partial charge in [0.15, 0.2) is 0 Å². The van der Waals surface area contributed by atoms with Crippen LogP contribution in [-0.2, 0) is 29.9 Å². The molecule has 2 aliphatic heterocycles. The van der Waals surface area contributed by atoms with Crippen molar-refractivity contribution >= 4 is 111 Å². The van der Waals surface area contributed by atoms with Gasteiger partial charge in [-0.3, -0.25) is 9.11 Å². The number of hydroxylamine groups is 2. The standard InChI is InChI=1S/C41H32ClN13O8S2/c1-21-43-37(62-54-21)23-5-3-7-25(17-23)45-40-47-39(42)48-41(49-40)46-33-13-14-36(31-19-27(64(56,57)58)9-11-29(31)33)53-52-34-15-16-35(32-20-28(65(59,60)61)10-12-30(32)34)51-50-26-8-4-6-24(18-26)38-44-22(2)55-63-38/h3-22,54-55H,1-2H3,(H,56,57,58)(H,59,60,61)(H2,45,46,47,48,49). The van der Waals surface area contributed by atoms with Crippen molar-refractivity contribution in [2.75, 3.05) is 10.6 Å². The summed E-state index contributed by atoms with van der Waals surface area (Å²) in [6, 6.07) is 28.3. The van der Waals surface area contributed by atoms with Gasteiger partial charge in [-0.2, -0.15) is 36.9 Å². The van der Waals surface area contributed by atoms with E-state index in [4.69, 9.17) is 21.3 Å². The van der Waals surface area contributed by atoms with Crippen molar-refractivity contribution in [3.8, 4) is 0 Å². The zero-order chi connectivity index (χ0) is 45.5. The van der Waals surface area contributed by atoms with Crippen LogP contribution in [-0.4, -0.2) is 65.0 Å². The average molecular weight is 934 g/mol. The summed E-state index contributed by atoms with van der Waals surface area (Å²) in [5.41, 5.74) is 9.00. The highest BCUT2D eigenvalue weighted by Crippen LogP contribution is 2.39. The number of rotatable bonds is 12. The van der Waals surface area contributed by atoms with Crippen molar-refractivity contribution in [2.45, 2.75) is 36.0 Å². The van der Waals surface area contributed by atoms with Gasteiger partial charge in [-0.25, -0.2) is 9.98 Å². The number of benzene rings is 6. The Morgan fingerprint density at radius 3 is 1.71 bits per heavy atom. The minimum absolute atomic E-state index is 0.0320. The molecule has 65 heavy (non-hydrogen) atoms. The molecule has 0 saturated carbocycles. The summed E-state index contributed by atoms with van der Waals surface area (Å²) in [6.45, 7) is 3.68. The molecular formula is C41H32ClN13O8S2. The third-order valence-electron chi connectivity index (χ3n) is 9.63. The third kappa shape index (κ3) is 9.60. The lowest BCUT2D eigenvalue weighted by atomic mass is 10.1. The highest BCUT2D eigenvalue weighted by atomic mass is 35.5. The number of hydrogen-bond donors (Lipinski definition) is 6. The quantitative estimate of drug-likeness (QED) is 0.0492. The molecule has 0 aliphatic carbocycles. The molecule has 0 saturated heterocycles. The second-order valence-electron chi connectivity index (χ2n) is 14.3. The van der Waals surface area contributed by atoms with Crippen molar-refractivity contribution in [3.63, 3.8) is 0 Å². The summed E-state index contributed by atoms with van der Waals surface area (Å²) < 4.78 is 69.0. The maximum atomic E-state index is 12.3. The van der Waals surface area contributed by atoms with Gasteiger partial charge in [0.25, 0.3) is 20.2 Å². The number of azo groups is 2. The minimum atomic E-state index is -4.66. The fraction of sp³-hybridized carbons (Fsp3) is 0.0976. The van der Waals surface area contributed by atoms with Crippen molar-refractivity contribution in [1.82, 2.24) is 25.9 Å². The van der Waals surface area contributed by atoms with Crippen molar-refractivity contribution in [2.24, 2.45) is 30.4 Å². The Labute approximate surface area is 373 Å². The number of hydrogen-bond acceptors (Lipinski definition) is 19. The Balaban J connectivity index is 1.05. The molecule has 2 atom stereocenters. The van der Waals surface area contributed by atoms with Crippen LogP contribution in [0.2, 0.25) is 5.28 Å². The minimum Gasteiger partial charge on any atom is -0.386 e. The number of nitrogens with one attached hydrogen (secondary N) is 4. The van der Waals surface area contributed by atoms with E-state index in [0.29, 0.717) is 50.8 Å². The first kappa shape index (κ1) is 42.9. The molecule has 0 spiro atoms. The zero-order valence-electron chi connectivity index (χ0n) is 33.6. The smallest absolute Gasteiger partial charge is 0.294 e. The monoisotopic (exact) mass is 933 g/mol. The summed E-state index contributed by atoms with van der Waals surface area (Å²) in [6.07, 6.45) is -0.428. The summed E-state index contributed by atoms with van der Waals surface area (Å²) in [7, 11) is -9.29. The van der Waals surface area contributed by atoms with Crippen LogP contribution < -0.4 is 21.6 Å². The Bertz CT molecular complexity index is 3430. The number of aromatic nitrogens is 3. The van der Waals surface area contributed by atoms with Gasteiger partial charge < -0.3 is 20.3 Å². The second kappa shape index (κ2) is 17.3. The molecule has 6 aromatic carbocycles. The van der Waals surface area contributed by atoms with Gasteiger partial charge in [-0.05, 0) is 110 Å². The number of nitrogens with zero attached hydrogens (tertiary/aromatic N) is 9. The van der Waals surface area contributed by atoms with Crippen LogP contribution in [0.5, 0.6) is 0 Å². The van der Waals surface area contributed by atoms with Crippen LogP contribution in [0.1, 0.15) is 25.0 Å². The highest BCUT2D eigenvalue weighted by molar-refractivity contribution is 7.86. The average Bonchev–Trinajstić information content (AvgIpc) is 3.92. The molecule has 21 nitrogen and oxygen atoms in total. The maximum absolute atomic E-state index is 12.3. The van der Waals surface area contributed by atoms with E-state index < -0.39 is 30.0 Å². The van der Waals surface area contributed by atoms with E-state index in [9.17, 15) is 25.9 Å². The van der Waals surface area contributed by atoms with Gasteiger partial charge in [-0.1, -0.05) is 24.3 Å². The fourth-order valence-corrected chi connectivity index (χ4v) is 7.84. The molecular weight excluding hydrogens is 902 g/mol. The van der Waals surface area contributed by atoms with E-state index >= 15 is 0 Å². The number of aliphatic imine (C=N–C) groups is 2. The summed E-state index contributed by atoms with van der Waals surface area (Å²) in [5.74, 6) is 0.933. The van der Waals surface area contributed by atoms with Gasteiger partial charge in [0.05, 0.1) is 32.5 Å². The summed E-state index contributed by atoms with van der Waals surface area (Å²) >= 11 is 6.33. The van der Waals surface area contributed by atoms with Crippen LogP contribution >= 0.6 is 11.6 Å². The molecule has 2 aliphatic rings. The number of anilines is 4. The highest BCUT2D eigenvalue weighted by Gasteiger charge is 2.20. The second-order valence-corrected chi connectivity index (χ2v) is 17.5. The molecule has 0 amide bonds. The molecule has 3 heterocycles. The van der Waals surface area contributed by atoms with Crippen LogP contribution in [0.4, 0.5) is 46.0 Å². The van der Waals surface area contributed by atoms with E-state index in [1.165, 1.54) is 36.4 Å². The zero-order valence-corrected chi connectivity index (χ0v) is 36.0. The van der Waals surface area contributed by atoms with Crippen LogP contribution in [0.15, 0.2) is 149 Å². The van der Waals surface area contributed by atoms with E-state index in [-0.39, 0.29) is 57.3 Å². The molecule has 0 radical (unpaired) electrons. The van der Waals surface area contributed by atoms with E-state index in [0.717, 1.165) is 0 Å². The Hall–Kier alpha value is -7.38. The SMILES string of the molecule is CC1N=C(c2cccc(N=Nc3ccc(N=Nc4ccc(Nc5nc(Cl)nc(Nc6cccc(C7=NC(C)NO7)c6)n5)c5ccc(S(=O)(=O)O)cc45)c4ccc(S(=O)(=O)O)cc34)c2)ON1. The van der Waals surface area contributed by atoms with Crippen LogP contribution in [0.3, 0.4) is 0 Å². The lowest BCUT2D eigenvalue weighted by Gasteiger charge is -2.13.